The molecule has 1 fully saturated rings. The number of nitrogens with zero attached hydrogens (tertiary/aromatic N) is 2. The van der Waals surface area contributed by atoms with Gasteiger partial charge >= 0.3 is 0 Å². The van der Waals surface area contributed by atoms with Crippen molar-refractivity contribution in [1.29, 1.82) is 0 Å². The van der Waals surface area contributed by atoms with Crippen molar-refractivity contribution in [2.45, 2.75) is 38.3 Å². The first-order valence-corrected chi connectivity index (χ1v) is 11.1. The quantitative estimate of drug-likeness (QED) is 0.818. The van der Waals surface area contributed by atoms with E-state index in [9.17, 15) is 9.59 Å². The zero-order chi connectivity index (χ0) is 20.2. The molecule has 0 unspecified atom stereocenters. The predicted octanol–water partition coefficient (Wildman–Crippen LogP) is 3.21. The number of carbonyl (C=O) groups excluding carboxylic acids is 2. The SMILES string of the molecule is C[C@H](NC(=O)CN1C[C@@H](C(=O)N2CCCCC2)Oc2ccccc21)c1cccs1. The Morgan fingerprint density at radius 2 is 1.97 bits per heavy atom. The third-order valence-corrected chi connectivity index (χ3v) is 6.54. The molecule has 2 aliphatic rings. The van der Waals surface area contributed by atoms with Crippen molar-refractivity contribution < 1.29 is 14.3 Å². The van der Waals surface area contributed by atoms with E-state index in [2.05, 4.69) is 5.32 Å². The Labute approximate surface area is 175 Å². The molecule has 1 saturated heterocycles. The molecule has 0 aliphatic carbocycles. The summed E-state index contributed by atoms with van der Waals surface area (Å²) in [4.78, 5) is 30.7. The van der Waals surface area contributed by atoms with Gasteiger partial charge in [0, 0.05) is 18.0 Å². The summed E-state index contributed by atoms with van der Waals surface area (Å²) in [5, 5.41) is 5.07. The van der Waals surface area contributed by atoms with Gasteiger partial charge in [0.25, 0.3) is 5.91 Å². The summed E-state index contributed by atoms with van der Waals surface area (Å²) >= 11 is 1.63. The average molecular weight is 414 g/mol. The second kappa shape index (κ2) is 8.86. The van der Waals surface area contributed by atoms with Gasteiger partial charge in [0.05, 0.1) is 24.8 Å². The molecule has 4 rings (SSSR count). The molecule has 1 aromatic heterocycles. The van der Waals surface area contributed by atoms with Crippen LogP contribution in [0.4, 0.5) is 5.69 Å². The highest BCUT2D eigenvalue weighted by Crippen LogP contribution is 2.33. The number of amides is 2. The first kappa shape index (κ1) is 19.8. The van der Waals surface area contributed by atoms with Gasteiger partial charge in [0.2, 0.25) is 5.91 Å². The minimum atomic E-state index is -0.578. The molecule has 2 amide bonds. The van der Waals surface area contributed by atoms with Crippen LogP contribution < -0.4 is 15.0 Å². The number of rotatable bonds is 5. The van der Waals surface area contributed by atoms with Crippen LogP contribution in [0.5, 0.6) is 5.75 Å². The van der Waals surface area contributed by atoms with E-state index in [4.69, 9.17) is 4.74 Å². The van der Waals surface area contributed by atoms with E-state index in [0.717, 1.165) is 36.5 Å². The summed E-state index contributed by atoms with van der Waals surface area (Å²) in [7, 11) is 0. The third-order valence-electron chi connectivity index (χ3n) is 5.49. The molecule has 2 atom stereocenters. The topological polar surface area (TPSA) is 61.9 Å². The van der Waals surface area contributed by atoms with Gasteiger partial charge in [-0.25, -0.2) is 0 Å². The zero-order valence-electron chi connectivity index (χ0n) is 16.7. The Morgan fingerprint density at radius 3 is 2.72 bits per heavy atom. The summed E-state index contributed by atoms with van der Waals surface area (Å²) in [6.07, 6.45) is 2.68. The normalized spacial score (nSPS) is 19.8. The number of likely N-dealkylation sites (tertiary alicyclic amines) is 1. The number of piperidine rings is 1. The lowest BCUT2D eigenvalue weighted by Gasteiger charge is -2.38. The number of anilines is 1. The Morgan fingerprint density at radius 1 is 1.17 bits per heavy atom. The van der Waals surface area contributed by atoms with Crippen molar-refractivity contribution in [2.75, 3.05) is 31.1 Å². The Hall–Kier alpha value is -2.54. The summed E-state index contributed by atoms with van der Waals surface area (Å²) in [5.41, 5.74) is 0.856. The number of nitrogens with one attached hydrogen (secondary N) is 1. The molecule has 0 bridgehead atoms. The zero-order valence-corrected chi connectivity index (χ0v) is 17.5. The van der Waals surface area contributed by atoms with Crippen LogP contribution in [0.25, 0.3) is 0 Å². The van der Waals surface area contributed by atoms with Crippen LogP contribution in [-0.2, 0) is 9.59 Å². The van der Waals surface area contributed by atoms with Gasteiger partial charge in [0.1, 0.15) is 5.75 Å². The number of hydrogen-bond acceptors (Lipinski definition) is 5. The third kappa shape index (κ3) is 4.56. The largest absolute Gasteiger partial charge is 0.477 e. The maximum absolute atomic E-state index is 13.0. The Bertz CT molecular complexity index is 849. The predicted molar refractivity (Wildman–Crippen MR) is 114 cm³/mol. The molecule has 6 nitrogen and oxygen atoms in total. The first-order chi connectivity index (χ1) is 14.1. The van der Waals surface area contributed by atoms with Crippen molar-refractivity contribution >= 4 is 28.8 Å². The van der Waals surface area contributed by atoms with Gasteiger partial charge in [-0.05, 0) is 49.8 Å². The summed E-state index contributed by atoms with van der Waals surface area (Å²) < 4.78 is 6.04. The standard InChI is InChI=1S/C22H27N3O3S/c1-16(20-10-7-13-29-20)23-21(26)15-25-14-19(22(27)24-11-5-2-6-12-24)28-18-9-4-3-8-17(18)25/h3-4,7-10,13,16,19H,2,5-6,11-12,14-15H2,1H3,(H,23,26)/t16-,19-/m0/s1. The second-order valence-corrected chi connectivity index (χ2v) is 8.62. The highest BCUT2D eigenvalue weighted by Gasteiger charge is 2.34. The summed E-state index contributed by atoms with van der Waals surface area (Å²) in [5.74, 6) is 0.622. The van der Waals surface area contributed by atoms with E-state index in [-0.39, 0.29) is 24.4 Å². The molecule has 2 aromatic rings. The second-order valence-electron chi connectivity index (χ2n) is 7.65. The Kier molecular flexibility index (Phi) is 6.04. The smallest absolute Gasteiger partial charge is 0.265 e. The van der Waals surface area contributed by atoms with Gasteiger partial charge in [-0.3, -0.25) is 9.59 Å². The van der Waals surface area contributed by atoms with Gasteiger partial charge in [0.15, 0.2) is 6.10 Å². The minimum Gasteiger partial charge on any atom is -0.477 e. The van der Waals surface area contributed by atoms with E-state index in [1.165, 1.54) is 6.42 Å². The minimum absolute atomic E-state index is 0.0246. The van der Waals surface area contributed by atoms with E-state index >= 15 is 0 Å². The number of carbonyl (C=O) groups is 2. The van der Waals surface area contributed by atoms with E-state index in [1.54, 1.807) is 11.3 Å². The van der Waals surface area contributed by atoms with Crippen LogP contribution in [0.2, 0.25) is 0 Å². The van der Waals surface area contributed by atoms with E-state index < -0.39 is 6.10 Å². The Balaban J connectivity index is 1.46. The number of thiophene rings is 1. The van der Waals surface area contributed by atoms with Crippen LogP contribution in [0.15, 0.2) is 41.8 Å². The van der Waals surface area contributed by atoms with E-state index in [1.807, 2.05) is 58.5 Å². The van der Waals surface area contributed by atoms with Gasteiger partial charge < -0.3 is 19.9 Å². The lowest BCUT2D eigenvalue weighted by molar-refractivity contribution is -0.139. The average Bonchev–Trinajstić information content (AvgIpc) is 3.29. The van der Waals surface area contributed by atoms with Gasteiger partial charge in [-0.1, -0.05) is 18.2 Å². The lowest BCUT2D eigenvalue weighted by Crippen LogP contribution is -2.53. The number of para-hydroxylation sites is 2. The van der Waals surface area contributed by atoms with Crippen LogP contribution in [0.3, 0.4) is 0 Å². The van der Waals surface area contributed by atoms with Crippen molar-refractivity contribution in [3.63, 3.8) is 0 Å². The molecule has 0 saturated carbocycles. The molecule has 1 N–H and O–H groups in total. The number of fused-ring (bicyclic) bond motifs is 1. The number of ether oxygens (including phenoxy) is 1. The fourth-order valence-corrected chi connectivity index (χ4v) is 4.71. The molecule has 0 radical (unpaired) electrons. The van der Waals surface area contributed by atoms with Crippen LogP contribution in [0.1, 0.15) is 37.1 Å². The molecular formula is C22H27N3O3S. The van der Waals surface area contributed by atoms with Crippen molar-refractivity contribution in [3.8, 4) is 5.75 Å². The highest BCUT2D eigenvalue weighted by atomic mass is 32.1. The van der Waals surface area contributed by atoms with Crippen molar-refractivity contribution in [3.05, 3.63) is 46.7 Å². The molecule has 0 spiro atoms. The molecule has 154 valence electrons. The molecule has 3 heterocycles. The fraction of sp³-hybridized carbons (Fsp3) is 0.455. The lowest BCUT2D eigenvalue weighted by atomic mass is 10.1. The first-order valence-electron chi connectivity index (χ1n) is 10.2. The summed E-state index contributed by atoms with van der Waals surface area (Å²) in [6, 6.07) is 11.6. The number of benzene rings is 1. The maximum atomic E-state index is 13.0. The fourth-order valence-electron chi connectivity index (χ4n) is 3.97. The number of hydrogen-bond donors (Lipinski definition) is 1. The van der Waals surface area contributed by atoms with Gasteiger partial charge in [-0.15, -0.1) is 11.3 Å². The monoisotopic (exact) mass is 413 g/mol. The molecule has 1 aromatic carbocycles. The summed E-state index contributed by atoms with van der Waals surface area (Å²) in [6.45, 7) is 4.14. The molecule has 29 heavy (non-hydrogen) atoms. The van der Waals surface area contributed by atoms with Crippen molar-refractivity contribution in [2.24, 2.45) is 0 Å². The highest BCUT2D eigenvalue weighted by molar-refractivity contribution is 7.10. The van der Waals surface area contributed by atoms with Gasteiger partial charge in [-0.2, -0.15) is 0 Å². The van der Waals surface area contributed by atoms with E-state index in [0.29, 0.717) is 12.3 Å². The van der Waals surface area contributed by atoms with Crippen molar-refractivity contribution in [1.82, 2.24) is 10.2 Å². The molecule has 2 aliphatic heterocycles. The maximum Gasteiger partial charge on any atom is 0.265 e. The van der Waals surface area contributed by atoms with Crippen LogP contribution in [0, 0.1) is 0 Å². The molecular weight excluding hydrogens is 386 g/mol. The van der Waals surface area contributed by atoms with Crippen LogP contribution in [-0.4, -0.2) is 49.0 Å². The van der Waals surface area contributed by atoms with Crippen LogP contribution >= 0.6 is 11.3 Å². The molecule has 7 heteroatoms.